The van der Waals surface area contributed by atoms with Crippen molar-refractivity contribution >= 4 is 23.4 Å². The molecule has 2 N–H and O–H groups in total. The van der Waals surface area contributed by atoms with E-state index in [9.17, 15) is 4.79 Å². The Morgan fingerprint density at radius 3 is 2.48 bits per heavy atom. The summed E-state index contributed by atoms with van der Waals surface area (Å²) in [5.41, 5.74) is 0.652. The Bertz CT molecular complexity index is 638. The fraction of sp³-hybridized carbons (Fsp3) is 0.737. The number of amides is 1. The minimum Gasteiger partial charge on any atom is -0.444 e. The molecule has 1 saturated heterocycles. The number of rotatable bonds is 4. The third-order valence-corrected chi connectivity index (χ3v) is 5.60. The smallest absolute Gasteiger partial charge is 0.410 e. The Morgan fingerprint density at radius 1 is 1.30 bits per heavy atom. The van der Waals surface area contributed by atoms with Crippen molar-refractivity contribution in [3.63, 3.8) is 0 Å². The normalized spacial score (nSPS) is 16.4. The molecule has 0 spiro atoms. The summed E-state index contributed by atoms with van der Waals surface area (Å²) in [6.45, 7) is 12.8. The maximum absolute atomic E-state index is 12.1. The van der Waals surface area contributed by atoms with Crippen molar-refractivity contribution in [1.82, 2.24) is 20.5 Å². The third-order valence-electron chi connectivity index (χ3n) is 4.53. The molecule has 1 amide bonds. The van der Waals surface area contributed by atoms with Crippen LogP contribution in [-0.4, -0.2) is 54.2 Å². The number of hydrogen-bond acceptors (Lipinski definition) is 5. The monoisotopic (exact) mass is 395 g/mol. The molecule has 0 aliphatic carbocycles. The van der Waals surface area contributed by atoms with Crippen LogP contribution in [-0.2, 0) is 11.3 Å². The minimum atomic E-state index is -0.442. The third kappa shape index (κ3) is 7.01. The maximum atomic E-state index is 12.1. The number of aryl methyl sites for hydroxylation is 2. The highest BCUT2D eigenvalue weighted by Gasteiger charge is 2.26. The van der Waals surface area contributed by atoms with E-state index in [0.717, 1.165) is 49.1 Å². The van der Waals surface area contributed by atoms with Crippen LogP contribution in [0.2, 0.25) is 0 Å². The van der Waals surface area contributed by atoms with E-state index in [2.05, 4.69) is 27.5 Å². The van der Waals surface area contributed by atoms with Gasteiger partial charge < -0.3 is 20.3 Å². The molecule has 0 unspecified atom stereocenters. The van der Waals surface area contributed by atoms with Gasteiger partial charge in [0.05, 0.1) is 12.2 Å². The molecule has 2 rings (SSSR count). The number of carbonyl (C=O) groups is 1. The number of nitrogens with one attached hydrogen (secondary N) is 2. The number of piperidine rings is 1. The Hall–Kier alpha value is -1.83. The number of thiazole rings is 1. The van der Waals surface area contributed by atoms with Crippen LogP contribution in [0.15, 0.2) is 4.99 Å². The van der Waals surface area contributed by atoms with E-state index in [-0.39, 0.29) is 6.09 Å². The number of ether oxygens (including phenoxy) is 1. The second kappa shape index (κ2) is 9.39. The molecule has 0 saturated carbocycles. The average Bonchev–Trinajstić information content (AvgIpc) is 2.92. The van der Waals surface area contributed by atoms with Crippen LogP contribution in [0.25, 0.3) is 0 Å². The lowest BCUT2D eigenvalue weighted by molar-refractivity contribution is 0.0185. The molecule has 1 aromatic heterocycles. The van der Waals surface area contributed by atoms with Gasteiger partial charge in [0.2, 0.25) is 0 Å². The zero-order valence-electron chi connectivity index (χ0n) is 17.4. The molecule has 8 heteroatoms. The second-order valence-electron chi connectivity index (χ2n) is 7.97. The molecule has 0 radical (unpaired) electrons. The van der Waals surface area contributed by atoms with Crippen molar-refractivity contribution in [2.45, 2.75) is 59.6 Å². The predicted molar refractivity (Wildman–Crippen MR) is 110 cm³/mol. The molecule has 1 aliphatic heterocycles. The summed E-state index contributed by atoms with van der Waals surface area (Å²) in [5, 5.41) is 7.78. The molecule has 1 fully saturated rings. The minimum absolute atomic E-state index is 0.208. The van der Waals surface area contributed by atoms with Gasteiger partial charge in [0.25, 0.3) is 0 Å². The van der Waals surface area contributed by atoms with Gasteiger partial charge in [-0.3, -0.25) is 4.99 Å². The lowest BCUT2D eigenvalue weighted by Crippen LogP contribution is -2.45. The van der Waals surface area contributed by atoms with Gasteiger partial charge in [0.15, 0.2) is 5.96 Å². The Morgan fingerprint density at radius 2 is 1.96 bits per heavy atom. The van der Waals surface area contributed by atoms with E-state index < -0.39 is 5.60 Å². The van der Waals surface area contributed by atoms with Gasteiger partial charge in [0.1, 0.15) is 10.6 Å². The van der Waals surface area contributed by atoms with Crippen molar-refractivity contribution < 1.29 is 9.53 Å². The van der Waals surface area contributed by atoms with E-state index in [0.29, 0.717) is 12.5 Å². The molecule has 1 aromatic rings. The van der Waals surface area contributed by atoms with E-state index in [4.69, 9.17) is 4.74 Å². The average molecular weight is 396 g/mol. The summed E-state index contributed by atoms with van der Waals surface area (Å²) in [4.78, 5) is 24.0. The number of likely N-dealkylation sites (tertiary alicyclic amines) is 1. The summed E-state index contributed by atoms with van der Waals surface area (Å²) < 4.78 is 5.45. The molecule has 1 aliphatic rings. The number of nitrogens with zero attached hydrogens (tertiary/aromatic N) is 3. The van der Waals surface area contributed by atoms with Crippen molar-refractivity contribution in [1.29, 1.82) is 0 Å². The van der Waals surface area contributed by atoms with Crippen molar-refractivity contribution in [3.8, 4) is 0 Å². The predicted octanol–water partition coefficient (Wildman–Crippen LogP) is 3.07. The van der Waals surface area contributed by atoms with Gasteiger partial charge in [0, 0.05) is 31.6 Å². The summed E-state index contributed by atoms with van der Waals surface area (Å²) >= 11 is 1.71. The number of aliphatic imine (C=N–C) groups is 1. The fourth-order valence-electron chi connectivity index (χ4n) is 2.88. The topological polar surface area (TPSA) is 78.9 Å². The molecule has 2 heterocycles. The summed E-state index contributed by atoms with van der Waals surface area (Å²) in [6, 6.07) is 0. The zero-order valence-corrected chi connectivity index (χ0v) is 18.2. The first-order valence-corrected chi connectivity index (χ1v) is 10.3. The van der Waals surface area contributed by atoms with E-state index in [1.165, 1.54) is 4.88 Å². The summed E-state index contributed by atoms with van der Waals surface area (Å²) in [6.07, 6.45) is 1.72. The van der Waals surface area contributed by atoms with Crippen LogP contribution in [0.1, 0.15) is 49.2 Å². The molecular weight excluding hydrogens is 362 g/mol. The van der Waals surface area contributed by atoms with Crippen LogP contribution < -0.4 is 10.6 Å². The van der Waals surface area contributed by atoms with Crippen molar-refractivity contribution in [2.75, 3.05) is 26.7 Å². The molecule has 27 heavy (non-hydrogen) atoms. The maximum Gasteiger partial charge on any atom is 0.410 e. The van der Waals surface area contributed by atoms with Gasteiger partial charge in [-0.25, -0.2) is 9.78 Å². The summed E-state index contributed by atoms with van der Waals surface area (Å²) in [7, 11) is 1.78. The fourth-order valence-corrected chi connectivity index (χ4v) is 3.76. The van der Waals surface area contributed by atoms with Gasteiger partial charge >= 0.3 is 6.09 Å². The van der Waals surface area contributed by atoms with E-state index in [1.54, 1.807) is 18.4 Å². The molecule has 0 atom stereocenters. The molecule has 0 bridgehead atoms. The highest BCUT2D eigenvalue weighted by atomic mass is 32.1. The Kier molecular flexibility index (Phi) is 7.47. The van der Waals surface area contributed by atoms with Crippen LogP contribution in [0.4, 0.5) is 4.79 Å². The van der Waals surface area contributed by atoms with Crippen LogP contribution in [0.5, 0.6) is 0 Å². The van der Waals surface area contributed by atoms with Gasteiger partial charge in [-0.15, -0.1) is 11.3 Å². The zero-order chi connectivity index (χ0) is 20.0. The standard InChI is InChI=1S/C19H33N5O2S/c1-13-14(2)27-16(23-13)12-22-17(20-6)21-11-15-7-9-24(10-8-15)18(25)26-19(3,4)5/h15H,7-12H2,1-6H3,(H2,20,21,22). The summed E-state index contributed by atoms with van der Waals surface area (Å²) in [5.74, 6) is 1.31. The first-order chi connectivity index (χ1) is 12.7. The Labute approximate surface area is 166 Å². The number of guanidine groups is 1. The molecular formula is C19H33N5O2S. The van der Waals surface area contributed by atoms with Gasteiger partial charge in [-0.2, -0.15) is 0 Å². The van der Waals surface area contributed by atoms with Crippen LogP contribution in [0, 0.1) is 19.8 Å². The SMILES string of the molecule is CN=C(NCc1nc(C)c(C)s1)NCC1CCN(C(=O)OC(C)(C)C)CC1. The van der Waals surface area contributed by atoms with Gasteiger partial charge in [-0.05, 0) is 53.4 Å². The highest BCUT2D eigenvalue weighted by molar-refractivity contribution is 7.11. The first kappa shape index (κ1) is 21.5. The number of hydrogen-bond donors (Lipinski definition) is 2. The number of carbonyl (C=O) groups excluding carboxylic acids is 1. The van der Waals surface area contributed by atoms with Gasteiger partial charge in [-0.1, -0.05) is 0 Å². The van der Waals surface area contributed by atoms with E-state index >= 15 is 0 Å². The van der Waals surface area contributed by atoms with Crippen LogP contribution >= 0.6 is 11.3 Å². The van der Waals surface area contributed by atoms with Crippen molar-refractivity contribution in [3.05, 3.63) is 15.6 Å². The highest BCUT2D eigenvalue weighted by Crippen LogP contribution is 2.19. The van der Waals surface area contributed by atoms with E-state index in [1.807, 2.05) is 32.6 Å². The lowest BCUT2D eigenvalue weighted by Gasteiger charge is -2.33. The molecule has 0 aromatic carbocycles. The Balaban J connectivity index is 1.71. The quantitative estimate of drug-likeness (QED) is 0.605. The lowest BCUT2D eigenvalue weighted by atomic mass is 9.97. The molecule has 7 nitrogen and oxygen atoms in total. The van der Waals surface area contributed by atoms with Crippen molar-refractivity contribution in [2.24, 2.45) is 10.9 Å². The first-order valence-electron chi connectivity index (χ1n) is 9.53. The second-order valence-corrected chi connectivity index (χ2v) is 9.25. The largest absolute Gasteiger partial charge is 0.444 e. The van der Waals surface area contributed by atoms with Crippen LogP contribution in [0.3, 0.4) is 0 Å². The number of aromatic nitrogens is 1. The molecule has 152 valence electrons.